The largest absolute Gasteiger partial charge is 0.300 e. The van der Waals surface area contributed by atoms with Crippen LogP contribution >= 0.6 is 11.3 Å². The zero-order chi connectivity index (χ0) is 16.5. The monoisotopic (exact) mass is 342 g/mol. The number of halogens is 1. The average molecular weight is 342 g/mol. The Hall–Kier alpha value is -1.52. The summed E-state index contributed by atoms with van der Waals surface area (Å²) < 4.78 is 13.4. The van der Waals surface area contributed by atoms with Gasteiger partial charge in [-0.15, -0.1) is 11.3 Å². The Labute approximate surface area is 147 Å². The molecule has 2 heterocycles. The van der Waals surface area contributed by atoms with Crippen LogP contribution in [0.1, 0.15) is 41.8 Å². The predicted molar refractivity (Wildman–Crippen MR) is 98.2 cm³/mol. The van der Waals surface area contributed by atoms with E-state index < -0.39 is 6.17 Å². The molecule has 0 radical (unpaired) electrons. The molecule has 0 N–H and O–H groups in total. The van der Waals surface area contributed by atoms with E-state index in [-0.39, 0.29) is 0 Å². The van der Waals surface area contributed by atoms with Crippen molar-refractivity contribution in [2.75, 3.05) is 19.6 Å². The second kappa shape index (κ2) is 6.77. The van der Waals surface area contributed by atoms with Crippen molar-refractivity contribution < 1.29 is 4.39 Å². The molecule has 24 heavy (non-hydrogen) atoms. The molecule has 4 heteroatoms. The second-order valence-electron chi connectivity index (χ2n) is 6.88. The minimum atomic E-state index is -0.631. The summed E-state index contributed by atoms with van der Waals surface area (Å²) in [5.74, 6) is 0.330. The van der Waals surface area contributed by atoms with Gasteiger partial charge < -0.3 is 4.90 Å². The van der Waals surface area contributed by atoms with Gasteiger partial charge in [-0.1, -0.05) is 36.8 Å². The van der Waals surface area contributed by atoms with Crippen LogP contribution in [0, 0.1) is 0 Å². The molecule has 1 aliphatic carbocycles. The molecule has 1 aromatic carbocycles. The number of aromatic nitrogens is 1. The van der Waals surface area contributed by atoms with Crippen molar-refractivity contribution in [2.45, 2.75) is 38.3 Å². The number of benzene rings is 1. The highest BCUT2D eigenvalue weighted by molar-refractivity contribution is 7.09. The fraction of sp³-hybridized carbons (Fsp3) is 0.450. The Morgan fingerprint density at radius 3 is 3.00 bits per heavy atom. The maximum absolute atomic E-state index is 13.4. The topological polar surface area (TPSA) is 16.1 Å². The molecule has 2 aromatic rings. The normalized spacial score (nSPS) is 22.2. The molecule has 2 nitrogen and oxygen atoms in total. The van der Waals surface area contributed by atoms with E-state index >= 15 is 0 Å². The number of thiazole rings is 1. The summed E-state index contributed by atoms with van der Waals surface area (Å²) in [4.78, 5) is 6.81. The van der Waals surface area contributed by atoms with Gasteiger partial charge in [-0.2, -0.15) is 0 Å². The van der Waals surface area contributed by atoms with Crippen molar-refractivity contribution in [3.63, 3.8) is 0 Å². The Balaban J connectivity index is 1.59. The SMILES string of the molecule is CC(C1=C(CCN2CCC(F)C2)Cc2ccccc21)c1nccs1. The lowest BCUT2D eigenvalue weighted by Crippen LogP contribution is -2.22. The molecule has 0 bridgehead atoms. The summed E-state index contributed by atoms with van der Waals surface area (Å²) in [6.07, 6.45) is 4.03. The number of likely N-dealkylation sites (tertiary alicyclic amines) is 1. The number of hydrogen-bond donors (Lipinski definition) is 0. The van der Waals surface area contributed by atoms with Gasteiger partial charge in [0.1, 0.15) is 6.17 Å². The van der Waals surface area contributed by atoms with Crippen LogP contribution in [0.5, 0.6) is 0 Å². The lowest BCUT2D eigenvalue weighted by molar-refractivity contribution is 0.290. The van der Waals surface area contributed by atoms with Gasteiger partial charge in [0.15, 0.2) is 0 Å². The van der Waals surface area contributed by atoms with Crippen molar-refractivity contribution in [3.05, 3.63) is 57.6 Å². The van der Waals surface area contributed by atoms with Crippen molar-refractivity contribution in [1.29, 1.82) is 0 Å². The summed E-state index contributed by atoms with van der Waals surface area (Å²) in [5.41, 5.74) is 5.79. The van der Waals surface area contributed by atoms with Gasteiger partial charge in [0.2, 0.25) is 0 Å². The van der Waals surface area contributed by atoms with E-state index in [2.05, 4.69) is 46.5 Å². The van der Waals surface area contributed by atoms with Crippen LogP contribution in [-0.4, -0.2) is 35.7 Å². The van der Waals surface area contributed by atoms with Crippen LogP contribution in [0.2, 0.25) is 0 Å². The van der Waals surface area contributed by atoms with E-state index in [1.165, 1.54) is 27.3 Å². The van der Waals surface area contributed by atoms with Crippen molar-refractivity contribution in [3.8, 4) is 0 Å². The standard InChI is InChI=1S/C20H23FN2S/c1-14(20-22-8-11-24-20)19-16(6-9-23-10-7-17(21)13-23)12-15-4-2-3-5-18(15)19/h2-5,8,11,14,17H,6-7,9-10,12-13H2,1H3. The molecule has 2 atom stereocenters. The van der Waals surface area contributed by atoms with Gasteiger partial charge in [0.05, 0.1) is 5.01 Å². The molecule has 1 aromatic heterocycles. The van der Waals surface area contributed by atoms with E-state index in [9.17, 15) is 4.39 Å². The zero-order valence-corrected chi connectivity index (χ0v) is 14.9. The van der Waals surface area contributed by atoms with Crippen LogP contribution in [0.15, 0.2) is 41.4 Å². The molecule has 2 unspecified atom stereocenters. The van der Waals surface area contributed by atoms with Gasteiger partial charge in [-0.05, 0) is 36.0 Å². The summed E-state index contributed by atoms with van der Waals surface area (Å²) in [7, 11) is 0. The second-order valence-corrected chi connectivity index (χ2v) is 7.81. The van der Waals surface area contributed by atoms with Gasteiger partial charge in [-0.3, -0.25) is 0 Å². The first-order valence-electron chi connectivity index (χ1n) is 8.78. The van der Waals surface area contributed by atoms with Crippen LogP contribution in [-0.2, 0) is 6.42 Å². The van der Waals surface area contributed by atoms with Gasteiger partial charge in [-0.25, -0.2) is 9.37 Å². The quantitative estimate of drug-likeness (QED) is 0.783. The number of hydrogen-bond acceptors (Lipinski definition) is 3. The van der Waals surface area contributed by atoms with Crippen LogP contribution < -0.4 is 0 Å². The number of alkyl halides is 1. The summed E-state index contributed by atoms with van der Waals surface area (Å²) >= 11 is 1.73. The lowest BCUT2D eigenvalue weighted by atomic mass is 9.93. The van der Waals surface area contributed by atoms with Crippen LogP contribution in [0.4, 0.5) is 4.39 Å². The molecule has 0 saturated carbocycles. The first kappa shape index (κ1) is 16.0. The number of allylic oxidation sites excluding steroid dienone is 1. The number of rotatable bonds is 5. The Kier molecular flexibility index (Phi) is 4.51. The fourth-order valence-electron chi connectivity index (χ4n) is 4.07. The van der Waals surface area contributed by atoms with Crippen LogP contribution in [0.3, 0.4) is 0 Å². The highest BCUT2D eigenvalue weighted by Crippen LogP contribution is 2.43. The molecule has 4 rings (SSSR count). The maximum Gasteiger partial charge on any atom is 0.114 e. The molecule has 2 aliphatic rings. The minimum Gasteiger partial charge on any atom is -0.300 e. The Morgan fingerprint density at radius 1 is 1.38 bits per heavy atom. The molecule has 1 saturated heterocycles. The van der Waals surface area contributed by atoms with Crippen LogP contribution in [0.25, 0.3) is 5.57 Å². The van der Waals surface area contributed by atoms with Crippen molar-refractivity contribution in [2.24, 2.45) is 0 Å². The molecular weight excluding hydrogens is 319 g/mol. The molecule has 0 spiro atoms. The summed E-state index contributed by atoms with van der Waals surface area (Å²) in [6, 6.07) is 8.74. The van der Waals surface area contributed by atoms with Gasteiger partial charge in [0.25, 0.3) is 0 Å². The molecule has 126 valence electrons. The predicted octanol–water partition coefficient (Wildman–Crippen LogP) is 4.69. The van der Waals surface area contributed by atoms with E-state index in [4.69, 9.17) is 0 Å². The molecule has 1 fully saturated rings. The third kappa shape index (κ3) is 3.05. The van der Waals surface area contributed by atoms with Crippen molar-refractivity contribution >= 4 is 16.9 Å². The Morgan fingerprint density at radius 2 is 2.25 bits per heavy atom. The third-order valence-electron chi connectivity index (χ3n) is 5.29. The van der Waals surface area contributed by atoms with E-state index in [1.54, 1.807) is 11.3 Å². The van der Waals surface area contributed by atoms with E-state index in [0.717, 1.165) is 25.9 Å². The Bertz CT molecular complexity index is 738. The highest BCUT2D eigenvalue weighted by Gasteiger charge is 2.28. The average Bonchev–Trinajstić information content (AvgIpc) is 3.31. The summed E-state index contributed by atoms with van der Waals surface area (Å²) in [6.45, 7) is 4.75. The fourth-order valence-corrected chi connectivity index (χ4v) is 4.77. The van der Waals surface area contributed by atoms with Gasteiger partial charge in [0, 0.05) is 37.1 Å². The van der Waals surface area contributed by atoms with Crippen molar-refractivity contribution in [1.82, 2.24) is 9.88 Å². The first-order chi connectivity index (χ1) is 11.7. The first-order valence-corrected chi connectivity index (χ1v) is 9.66. The highest BCUT2D eigenvalue weighted by atomic mass is 32.1. The minimum absolute atomic E-state index is 0.330. The summed E-state index contributed by atoms with van der Waals surface area (Å²) in [5, 5.41) is 3.24. The molecular formula is C20H23FN2S. The van der Waals surface area contributed by atoms with Gasteiger partial charge >= 0.3 is 0 Å². The lowest BCUT2D eigenvalue weighted by Gasteiger charge is -2.18. The van der Waals surface area contributed by atoms with E-state index in [0.29, 0.717) is 18.9 Å². The van der Waals surface area contributed by atoms with E-state index in [1.807, 2.05) is 6.20 Å². The third-order valence-corrected chi connectivity index (χ3v) is 6.25. The smallest absolute Gasteiger partial charge is 0.114 e. The number of fused-ring (bicyclic) bond motifs is 1. The zero-order valence-electron chi connectivity index (χ0n) is 14.0. The molecule has 0 amide bonds. The maximum atomic E-state index is 13.4. The molecule has 1 aliphatic heterocycles. The number of nitrogens with zero attached hydrogens (tertiary/aromatic N) is 2.